The third-order valence-electron chi connectivity index (χ3n) is 6.88. The van der Waals surface area contributed by atoms with Crippen LogP contribution in [0.5, 0.6) is 0 Å². The van der Waals surface area contributed by atoms with Crippen LogP contribution in [0.1, 0.15) is 130 Å². The molecule has 7 heteroatoms. The van der Waals surface area contributed by atoms with E-state index < -0.39 is 0 Å². The standard InChI is InChI=1S/C30H60N4O3/c1-4-7-8-9-10-11-12-13-14-15-16-17-18-21-25-36-27-28-26-34(30(35)37-28)24-20-19-23-33-29(31-6-3)32-22-5-2/h28H,4-27H2,1-3H3,(H2,31,32,33). The van der Waals surface area contributed by atoms with Crippen molar-refractivity contribution in [3.63, 3.8) is 0 Å². The van der Waals surface area contributed by atoms with Gasteiger partial charge in [-0.05, 0) is 32.6 Å². The van der Waals surface area contributed by atoms with Gasteiger partial charge in [0.05, 0.1) is 13.2 Å². The van der Waals surface area contributed by atoms with Crippen molar-refractivity contribution >= 4 is 12.1 Å². The maximum atomic E-state index is 12.1. The molecule has 1 fully saturated rings. The molecule has 0 aliphatic carbocycles. The number of nitrogens with one attached hydrogen (secondary N) is 2. The van der Waals surface area contributed by atoms with Crippen molar-refractivity contribution in [1.82, 2.24) is 15.5 Å². The third-order valence-corrected chi connectivity index (χ3v) is 6.88. The molecule has 0 saturated carbocycles. The first-order valence-corrected chi connectivity index (χ1v) is 15.8. The van der Waals surface area contributed by atoms with Gasteiger partial charge in [0.1, 0.15) is 6.10 Å². The van der Waals surface area contributed by atoms with Gasteiger partial charge >= 0.3 is 6.09 Å². The average molecular weight is 525 g/mol. The molecule has 1 saturated heterocycles. The molecule has 37 heavy (non-hydrogen) atoms. The van der Waals surface area contributed by atoms with Crippen LogP contribution in [0.2, 0.25) is 0 Å². The average Bonchev–Trinajstić information content (AvgIpc) is 3.25. The summed E-state index contributed by atoms with van der Waals surface area (Å²) in [6.07, 6.45) is 21.7. The van der Waals surface area contributed by atoms with E-state index >= 15 is 0 Å². The minimum absolute atomic E-state index is 0.126. The number of ether oxygens (including phenoxy) is 2. The Morgan fingerprint density at radius 3 is 2.05 bits per heavy atom. The lowest BCUT2D eigenvalue weighted by Crippen LogP contribution is -2.38. The topological polar surface area (TPSA) is 75.2 Å². The van der Waals surface area contributed by atoms with Crippen LogP contribution >= 0.6 is 0 Å². The van der Waals surface area contributed by atoms with Gasteiger partial charge in [-0.25, -0.2) is 4.79 Å². The zero-order valence-electron chi connectivity index (χ0n) is 24.7. The van der Waals surface area contributed by atoms with Crippen LogP contribution in [-0.2, 0) is 9.47 Å². The van der Waals surface area contributed by atoms with E-state index in [0.29, 0.717) is 13.2 Å². The molecule has 0 radical (unpaired) electrons. The zero-order valence-corrected chi connectivity index (χ0v) is 24.7. The Balaban J connectivity index is 1.91. The first-order chi connectivity index (χ1) is 18.2. The van der Waals surface area contributed by atoms with Crippen molar-refractivity contribution in [2.45, 2.75) is 136 Å². The Bertz CT molecular complexity index is 559. The number of carbonyl (C=O) groups is 1. The highest BCUT2D eigenvalue weighted by Crippen LogP contribution is 2.14. The molecule has 1 unspecified atom stereocenters. The summed E-state index contributed by atoms with van der Waals surface area (Å²) in [6, 6.07) is 0. The van der Waals surface area contributed by atoms with E-state index in [9.17, 15) is 4.79 Å². The Kier molecular flexibility index (Phi) is 22.5. The summed E-state index contributed by atoms with van der Waals surface area (Å²) in [5, 5.41) is 6.62. The van der Waals surface area contributed by atoms with Crippen LogP contribution in [0.3, 0.4) is 0 Å². The number of guanidine groups is 1. The smallest absolute Gasteiger partial charge is 0.410 e. The maximum absolute atomic E-state index is 12.1. The van der Waals surface area contributed by atoms with Crippen molar-refractivity contribution in [2.24, 2.45) is 4.99 Å². The van der Waals surface area contributed by atoms with Gasteiger partial charge in [-0.15, -0.1) is 0 Å². The molecular weight excluding hydrogens is 464 g/mol. The monoisotopic (exact) mass is 524 g/mol. The third kappa shape index (κ3) is 19.3. The largest absolute Gasteiger partial charge is 0.442 e. The molecule has 0 bridgehead atoms. The first kappa shape index (κ1) is 33.5. The Morgan fingerprint density at radius 1 is 0.838 bits per heavy atom. The van der Waals surface area contributed by atoms with Crippen molar-refractivity contribution in [1.29, 1.82) is 0 Å². The van der Waals surface area contributed by atoms with Crippen LogP contribution < -0.4 is 10.6 Å². The van der Waals surface area contributed by atoms with E-state index in [4.69, 9.17) is 9.47 Å². The highest BCUT2D eigenvalue weighted by atomic mass is 16.6. The number of nitrogens with zero attached hydrogens (tertiary/aromatic N) is 2. The predicted molar refractivity (Wildman–Crippen MR) is 156 cm³/mol. The van der Waals surface area contributed by atoms with Gasteiger partial charge in [0.25, 0.3) is 0 Å². The highest BCUT2D eigenvalue weighted by Gasteiger charge is 2.30. The molecule has 0 aromatic heterocycles. The summed E-state index contributed by atoms with van der Waals surface area (Å²) in [5.41, 5.74) is 0. The molecule has 1 rings (SSSR count). The molecule has 1 aliphatic rings. The lowest BCUT2D eigenvalue weighted by molar-refractivity contribution is 0.0443. The number of rotatable bonds is 25. The van der Waals surface area contributed by atoms with Gasteiger partial charge < -0.3 is 25.0 Å². The van der Waals surface area contributed by atoms with E-state index in [1.807, 2.05) is 4.90 Å². The summed E-state index contributed by atoms with van der Waals surface area (Å²) >= 11 is 0. The maximum Gasteiger partial charge on any atom is 0.410 e. The van der Waals surface area contributed by atoms with Crippen molar-refractivity contribution in [2.75, 3.05) is 45.9 Å². The number of unbranched alkanes of at least 4 members (excludes halogenated alkanes) is 14. The minimum Gasteiger partial charge on any atom is -0.442 e. The van der Waals surface area contributed by atoms with E-state index in [1.54, 1.807) is 0 Å². The summed E-state index contributed by atoms with van der Waals surface area (Å²) in [4.78, 5) is 18.5. The lowest BCUT2D eigenvalue weighted by Gasteiger charge is -2.14. The van der Waals surface area contributed by atoms with E-state index in [1.165, 1.54) is 83.5 Å². The number of hydrogen-bond acceptors (Lipinski definition) is 4. The fourth-order valence-electron chi connectivity index (χ4n) is 4.66. The lowest BCUT2D eigenvalue weighted by atomic mass is 10.0. The van der Waals surface area contributed by atoms with Crippen molar-refractivity contribution in [3.05, 3.63) is 0 Å². The van der Waals surface area contributed by atoms with Gasteiger partial charge in [0.2, 0.25) is 0 Å². The fourth-order valence-corrected chi connectivity index (χ4v) is 4.66. The van der Waals surface area contributed by atoms with Crippen LogP contribution in [0.15, 0.2) is 4.99 Å². The van der Waals surface area contributed by atoms with E-state index in [2.05, 4.69) is 36.4 Å². The molecular formula is C30H60N4O3. The Hall–Kier alpha value is -1.50. The SMILES string of the molecule is CCCCCCCCCCCCCCCCOCC1CN(CCCCNC(=NCCC)NCC)C(=O)O1. The molecule has 0 spiro atoms. The number of amides is 1. The van der Waals surface area contributed by atoms with Gasteiger partial charge in [0.15, 0.2) is 5.96 Å². The van der Waals surface area contributed by atoms with Crippen molar-refractivity contribution < 1.29 is 14.3 Å². The van der Waals surface area contributed by atoms with Crippen LogP contribution in [0.25, 0.3) is 0 Å². The Labute approximate surface area is 228 Å². The predicted octanol–water partition coefficient (Wildman–Crippen LogP) is 7.05. The first-order valence-electron chi connectivity index (χ1n) is 15.8. The molecule has 0 aromatic rings. The summed E-state index contributed by atoms with van der Waals surface area (Å²) in [7, 11) is 0. The molecule has 0 aromatic carbocycles. The van der Waals surface area contributed by atoms with Gasteiger partial charge in [-0.1, -0.05) is 97.3 Å². The molecule has 1 aliphatic heterocycles. The second kappa shape index (κ2) is 24.8. The number of hydrogen-bond donors (Lipinski definition) is 2. The zero-order chi connectivity index (χ0) is 26.8. The quantitative estimate of drug-likeness (QED) is 0.0760. The van der Waals surface area contributed by atoms with Gasteiger partial charge in [0, 0.05) is 32.8 Å². The second-order valence-electron chi connectivity index (χ2n) is 10.5. The molecule has 1 heterocycles. The summed E-state index contributed by atoms with van der Waals surface area (Å²) < 4.78 is 11.3. The molecule has 218 valence electrons. The molecule has 1 atom stereocenters. The molecule has 2 N–H and O–H groups in total. The van der Waals surface area contributed by atoms with Crippen molar-refractivity contribution in [3.8, 4) is 0 Å². The number of carbonyl (C=O) groups excluding carboxylic acids is 1. The summed E-state index contributed by atoms with van der Waals surface area (Å²) in [5.74, 6) is 0.876. The van der Waals surface area contributed by atoms with Gasteiger partial charge in [-0.2, -0.15) is 0 Å². The van der Waals surface area contributed by atoms with Gasteiger partial charge in [-0.3, -0.25) is 4.99 Å². The molecule has 1 amide bonds. The van der Waals surface area contributed by atoms with Crippen LogP contribution in [0, 0.1) is 0 Å². The minimum atomic E-state index is -0.198. The molecule has 7 nitrogen and oxygen atoms in total. The fraction of sp³-hybridized carbons (Fsp3) is 0.933. The summed E-state index contributed by atoms with van der Waals surface area (Å²) in [6.45, 7) is 11.7. The van der Waals surface area contributed by atoms with Crippen LogP contribution in [-0.4, -0.2) is 69.0 Å². The second-order valence-corrected chi connectivity index (χ2v) is 10.5. The van der Waals surface area contributed by atoms with E-state index in [-0.39, 0.29) is 12.2 Å². The number of cyclic esters (lactones) is 1. The van der Waals surface area contributed by atoms with E-state index in [0.717, 1.165) is 64.4 Å². The highest BCUT2D eigenvalue weighted by molar-refractivity contribution is 5.79. The normalized spacial score (nSPS) is 15.9. The number of aliphatic imine (C=N–C) groups is 1. The van der Waals surface area contributed by atoms with Crippen LogP contribution in [0.4, 0.5) is 4.79 Å². The Morgan fingerprint density at radius 2 is 1.46 bits per heavy atom.